The molecule has 8 heteroatoms. The lowest BCUT2D eigenvalue weighted by Gasteiger charge is -2.20. The second-order valence-electron chi connectivity index (χ2n) is 7.07. The molecule has 0 aliphatic heterocycles. The maximum Gasteiger partial charge on any atom is 0.321 e. The highest BCUT2D eigenvalue weighted by molar-refractivity contribution is 8.00. The highest BCUT2D eigenvalue weighted by atomic mass is 32.2. The quantitative estimate of drug-likeness (QED) is 0.113. The minimum Gasteiger partial charge on any atom is -0.481 e. The predicted octanol–water partition coefficient (Wildman–Crippen LogP) is 3.28. The molecule has 6 N–H and O–H groups in total. The van der Waals surface area contributed by atoms with Crippen molar-refractivity contribution in [2.75, 3.05) is 12.4 Å². The molecule has 7 nitrogen and oxygen atoms in total. The van der Waals surface area contributed by atoms with Crippen molar-refractivity contribution >= 4 is 23.7 Å². The van der Waals surface area contributed by atoms with Crippen molar-refractivity contribution in [2.45, 2.75) is 68.8 Å². The zero-order chi connectivity index (χ0) is 23.3. The summed E-state index contributed by atoms with van der Waals surface area (Å²) in [6, 6.07) is -1.02. The molecule has 0 saturated heterocycles. The van der Waals surface area contributed by atoms with Gasteiger partial charge in [-0.2, -0.15) is 0 Å². The number of rotatable bonds is 19. The van der Waals surface area contributed by atoms with Crippen LogP contribution in [0.1, 0.15) is 51.4 Å². The van der Waals surface area contributed by atoms with Crippen molar-refractivity contribution < 1.29 is 30.0 Å². The average molecular weight is 456 g/mol. The average Bonchev–Trinajstić information content (AvgIpc) is 2.72. The van der Waals surface area contributed by atoms with Gasteiger partial charge in [-0.25, -0.2) is 0 Å². The van der Waals surface area contributed by atoms with Crippen molar-refractivity contribution in [3.63, 3.8) is 0 Å². The van der Waals surface area contributed by atoms with E-state index in [1.54, 1.807) is 12.2 Å². The van der Waals surface area contributed by atoms with Crippen molar-refractivity contribution in [3.8, 4) is 0 Å². The molecule has 0 amide bonds. The Morgan fingerprint density at radius 1 is 0.935 bits per heavy atom. The highest BCUT2D eigenvalue weighted by Crippen LogP contribution is 2.21. The second kappa shape index (κ2) is 20.1. The predicted molar refractivity (Wildman–Crippen MR) is 126 cm³/mol. The number of aliphatic carboxylic acids is 2. The van der Waals surface area contributed by atoms with E-state index in [2.05, 4.69) is 12.2 Å². The molecular weight excluding hydrogens is 418 g/mol. The smallest absolute Gasteiger partial charge is 0.321 e. The fraction of sp³-hybridized carbons (Fsp3) is 0.565. The number of unbranched alkanes of at least 4 members (excludes halogenated alkanes) is 3. The Morgan fingerprint density at radius 3 is 2.35 bits per heavy atom. The van der Waals surface area contributed by atoms with Gasteiger partial charge in [0, 0.05) is 24.0 Å². The first-order valence-electron chi connectivity index (χ1n) is 10.6. The van der Waals surface area contributed by atoms with Crippen LogP contribution in [-0.4, -0.2) is 62.1 Å². The Hall–Kier alpha value is -1.87. The van der Waals surface area contributed by atoms with Gasteiger partial charge < -0.3 is 26.2 Å². The Balaban J connectivity index is 4.46. The maximum atomic E-state index is 10.9. The first-order valence-corrected chi connectivity index (χ1v) is 11.7. The molecule has 0 aliphatic carbocycles. The molecule has 31 heavy (non-hydrogen) atoms. The van der Waals surface area contributed by atoms with E-state index in [0.717, 1.165) is 32.1 Å². The number of thioether (sulfide) groups is 1. The monoisotopic (exact) mass is 455 g/mol. The molecule has 0 aromatic carbocycles. The molecule has 0 bridgehead atoms. The number of nitrogens with two attached hydrogens (primary N) is 1. The molecule has 3 atom stereocenters. The second-order valence-corrected chi connectivity index (χ2v) is 8.28. The third-order valence-electron chi connectivity index (χ3n) is 4.29. The van der Waals surface area contributed by atoms with Crippen LogP contribution in [-0.2, 0) is 9.59 Å². The molecule has 0 aliphatic rings. The summed E-state index contributed by atoms with van der Waals surface area (Å²) >= 11 is 1.24. The van der Waals surface area contributed by atoms with Crippen LogP contribution in [0.25, 0.3) is 0 Å². The Morgan fingerprint density at radius 2 is 1.68 bits per heavy atom. The van der Waals surface area contributed by atoms with Crippen LogP contribution in [0.2, 0.25) is 0 Å². The Kier molecular flexibility index (Phi) is 18.8. The number of allylic oxidation sites excluding steroid dienone is 7. The van der Waals surface area contributed by atoms with Crippen LogP contribution >= 0.6 is 11.8 Å². The number of aliphatic hydroxyl groups is 2. The summed E-state index contributed by atoms with van der Waals surface area (Å²) < 4.78 is 0. The summed E-state index contributed by atoms with van der Waals surface area (Å²) in [4.78, 5) is 21.5. The number of carbonyl (C=O) groups is 2. The van der Waals surface area contributed by atoms with E-state index in [4.69, 9.17) is 21.1 Å². The Bertz CT molecular complexity index is 603. The fourth-order valence-electron chi connectivity index (χ4n) is 2.51. The highest BCUT2D eigenvalue weighted by Gasteiger charge is 2.20. The lowest BCUT2D eigenvalue weighted by Crippen LogP contribution is -2.34. The molecule has 0 saturated carbocycles. The van der Waals surface area contributed by atoms with Gasteiger partial charge in [0.2, 0.25) is 0 Å². The number of carboxylic acids is 2. The van der Waals surface area contributed by atoms with Crippen LogP contribution in [0.15, 0.2) is 48.6 Å². The minimum absolute atomic E-state index is 0.0192. The number of carboxylic acid groups (broad SMARTS) is 2. The number of hydrogen-bond acceptors (Lipinski definition) is 6. The third kappa shape index (κ3) is 18.6. The van der Waals surface area contributed by atoms with Crippen molar-refractivity contribution in [1.82, 2.24) is 0 Å². The van der Waals surface area contributed by atoms with Gasteiger partial charge in [-0.1, -0.05) is 55.0 Å². The SMILES string of the molecule is NC(CSC(C=CC=CC=CCC=CCCCCCO)C(O)CCCC(=O)O)C(=O)O. The largest absolute Gasteiger partial charge is 0.481 e. The zero-order valence-electron chi connectivity index (χ0n) is 18.0. The van der Waals surface area contributed by atoms with Crippen molar-refractivity contribution in [2.24, 2.45) is 5.73 Å². The van der Waals surface area contributed by atoms with Crippen LogP contribution in [0, 0.1) is 0 Å². The molecule has 0 aromatic heterocycles. The van der Waals surface area contributed by atoms with Crippen LogP contribution in [0.4, 0.5) is 0 Å². The van der Waals surface area contributed by atoms with Crippen molar-refractivity contribution in [3.05, 3.63) is 48.6 Å². The third-order valence-corrected chi connectivity index (χ3v) is 5.70. The van der Waals surface area contributed by atoms with Gasteiger partial charge in [0.25, 0.3) is 0 Å². The van der Waals surface area contributed by atoms with Gasteiger partial charge in [0.1, 0.15) is 6.04 Å². The number of aliphatic hydroxyl groups excluding tert-OH is 2. The molecule has 0 fully saturated rings. The molecule has 0 aromatic rings. The van der Waals surface area contributed by atoms with E-state index >= 15 is 0 Å². The fourth-order valence-corrected chi connectivity index (χ4v) is 3.64. The van der Waals surface area contributed by atoms with Gasteiger partial charge in [0.15, 0.2) is 0 Å². The summed E-state index contributed by atoms with van der Waals surface area (Å²) in [5, 5.41) is 36.3. The minimum atomic E-state index is -1.10. The van der Waals surface area contributed by atoms with Gasteiger partial charge in [0.05, 0.1) is 6.10 Å². The van der Waals surface area contributed by atoms with Crippen LogP contribution in [0.3, 0.4) is 0 Å². The molecule has 0 rings (SSSR count). The van der Waals surface area contributed by atoms with Gasteiger partial charge >= 0.3 is 11.9 Å². The molecular formula is C23H37NO6S. The summed E-state index contributed by atoms with van der Waals surface area (Å²) in [5.41, 5.74) is 5.54. The zero-order valence-corrected chi connectivity index (χ0v) is 18.8. The molecule has 0 radical (unpaired) electrons. The normalized spacial score (nSPS) is 15.3. The molecule has 0 spiro atoms. The molecule has 3 unspecified atom stereocenters. The van der Waals surface area contributed by atoms with Crippen LogP contribution < -0.4 is 5.73 Å². The van der Waals surface area contributed by atoms with Gasteiger partial charge in [-0.05, 0) is 38.5 Å². The summed E-state index contributed by atoms with van der Waals surface area (Å²) in [5.74, 6) is -1.86. The molecule has 176 valence electrons. The van der Waals surface area contributed by atoms with E-state index < -0.39 is 24.1 Å². The van der Waals surface area contributed by atoms with Crippen LogP contribution in [0.5, 0.6) is 0 Å². The van der Waals surface area contributed by atoms with Gasteiger partial charge in [-0.3, -0.25) is 9.59 Å². The maximum absolute atomic E-state index is 10.9. The number of hydrogen-bond donors (Lipinski definition) is 5. The summed E-state index contributed by atoms with van der Waals surface area (Å²) in [7, 11) is 0. The van der Waals surface area contributed by atoms with E-state index in [1.807, 2.05) is 24.3 Å². The standard InChI is InChI=1S/C23H37NO6S/c24-19(23(29)30)18-31-21(20(26)14-13-16-22(27)28)15-11-9-7-5-3-1-2-4-6-8-10-12-17-25/h2-5,7,9,11,15,19-21,25-26H,1,6,8,10,12-14,16-18,24H2,(H,27,28)(H,29,30). The van der Waals surface area contributed by atoms with Crippen molar-refractivity contribution in [1.29, 1.82) is 0 Å². The first kappa shape index (κ1) is 29.1. The lowest BCUT2D eigenvalue weighted by molar-refractivity contribution is -0.138. The van der Waals surface area contributed by atoms with Gasteiger partial charge in [-0.15, -0.1) is 11.8 Å². The van der Waals surface area contributed by atoms with E-state index in [1.165, 1.54) is 11.8 Å². The van der Waals surface area contributed by atoms with E-state index in [0.29, 0.717) is 12.8 Å². The summed E-state index contributed by atoms with van der Waals surface area (Å²) in [6.45, 7) is 0.256. The first-order chi connectivity index (χ1) is 14.9. The topological polar surface area (TPSA) is 141 Å². The summed E-state index contributed by atoms with van der Waals surface area (Å²) in [6.07, 6.45) is 20.1. The van der Waals surface area contributed by atoms with E-state index in [9.17, 15) is 14.7 Å². The lowest BCUT2D eigenvalue weighted by atomic mass is 10.1. The van der Waals surface area contributed by atoms with E-state index in [-0.39, 0.29) is 24.0 Å². The Labute approximate surface area is 189 Å². The molecule has 0 heterocycles.